The predicted octanol–water partition coefficient (Wildman–Crippen LogP) is 4.69. The second-order valence-corrected chi connectivity index (χ2v) is 10.00. The number of thiophene rings is 1. The second-order valence-electron chi connectivity index (χ2n) is 9.22. The minimum Gasteiger partial charge on any atom is -0.475 e. The fourth-order valence-electron chi connectivity index (χ4n) is 4.62. The summed E-state index contributed by atoms with van der Waals surface area (Å²) in [5.41, 5.74) is 0.944. The van der Waals surface area contributed by atoms with E-state index in [9.17, 15) is 31.1 Å². The fraction of sp³-hybridized carbons (Fsp3) is 0.520. The van der Waals surface area contributed by atoms with Crippen LogP contribution in [0.15, 0.2) is 41.2 Å². The number of carbonyl (C=O) groups excluding carboxylic acids is 1. The molecule has 0 unspecified atom stereocenters. The maximum Gasteiger partial charge on any atom is 0.490 e. The first-order valence-corrected chi connectivity index (χ1v) is 13.2. The van der Waals surface area contributed by atoms with Crippen LogP contribution in [0.1, 0.15) is 25.3 Å². The molecule has 2 saturated heterocycles. The number of halogens is 6. The molecule has 0 amide bonds. The van der Waals surface area contributed by atoms with Crippen molar-refractivity contribution in [3.8, 4) is 0 Å². The molecule has 9 nitrogen and oxygen atoms in total. The van der Waals surface area contributed by atoms with Crippen LogP contribution >= 0.6 is 11.3 Å². The molecule has 0 spiro atoms. The minimum absolute atomic E-state index is 0.0224. The number of nitrogens with zero attached hydrogens (tertiary/aromatic N) is 3. The van der Waals surface area contributed by atoms with Crippen molar-refractivity contribution < 1.29 is 55.7 Å². The molecule has 2 atom stereocenters. The van der Waals surface area contributed by atoms with E-state index in [0.29, 0.717) is 13.2 Å². The standard InChI is InChI=1S/C21H27N3O2S.2C2HF3O2/c1-2-26-20(25)21-8-5-10-23(12-17-7-11-27-15-17)13-18(21)14-24(16-21)19-6-3-4-9-22-19;2*3-2(4,5)1(6)7/h3-4,6-7,9,11,15,18H,2,5,8,10,12-14,16H2,1H3;2*(H,6,7)/t18-,21-;;/m0../s1. The van der Waals surface area contributed by atoms with Gasteiger partial charge in [-0.15, -0.1) is 0 Å². The number of carboxylic acids is 2. The summed E-state index contributed by atoms with van der Waals surface area (Å²) in [7, 11) is 0. The van der Waals surface area contributed by atoms with E-state index in [-0.39, 0.29) is 11.9 Å². The van der Waals surface area contributed by atoms with E-state index in [1.807, 2.05) is 31.3 Å². The van der Waals surface area contributed by atoms with Crippen LogP contribution < -0.4 is 4.90 Å². The Morgan fingerprint density at radius 2 is 1.71 bits per heavy atom. The van der Waals surface area contributed by atoms with E-state index < -0.39 is 29.7 Å². The minimum atomic E-state index is -5.08. The number of ether oxygens (including phenoxy) is 1. The van der Waals surface area contributed by atoms with Gasteiger partial charge in [0.25, 0.3) is 0 Å². The lowest BCUT2D eigenvalue weighted by Crippen LogP contribution is -2.42. The Labute approximate surface area is 235 Å². The van der Waals surface area contributed by atoms with Crippen molar-refractivity contribution in [2.24, 2.45) is 11.3 Å². The Balaban J connectivity index is 0.000000349. The van der Waals surface area contributed by atoms with Crippen molar-refractivity contribution in [3.05, 3.63) is 46.8 Å². The number of anilines is 1. The van der Waals surface area contributed by atoms with Gasteiger partial charge in [0, 0.05) is 38.3 Å². The number of pyridine rings is 1. The molecule has 0 bridgehead atoms. The highest BCUT2D eigenvalue weighted by molar-refractivity contribution is 7.07. The number of hydrogen-bond donors (Lipinski definition) is 2. The Morgan fingerprint density at radius 3 is 2.20 bits per heavy atom. The maximum atomic E-state index is 13.1. The van der Waals surface area contributed by atoms with Crippen LogP contribution in [0.25, 0.3) is 0 Å². The van der Waals surface area contributed by atoms with Crippen molar-refractivity contribution in [3.63, 3.8) is 0 Å². The molecular formula is C25H29F6N3O6S. The smallest absolute Gasteiger partial charge is 0.475 e. The van der Waals surface area contributed by atoms with Gasteiger partial charge in [0.1, 0.15) is 5.82 Å². The number of esters is 1. The summed E-state index contributed by atoms with van der Waals surface area (Å²) >= 11 is 1.74. The second kappa shape index (κ2) is 14.5. The Hall–Kier alpha value is -3.40. The van der Waals surface area contributed by atoms with Crippen LogP contribution in [0, 0.1) is 11.3 Å². The number of carbonyl (C=O) groups is 3. The first-order chi connectivity index (χ1) is 19.1. The molecule has 0 saturated carbocycles. The number of hydrogen-bond acceptors (Lipinski definition) is 8. The van der Waals surface area contributed by atoms with Crippen LogP contribution in [0.2, 0.25) is 0 Å². The average Bonchev–Trinajstić information content (AvgIpc) is 3.49. The SMILES string of the molecule is CCOC(=O)[C@]12CCCN(Cc3ccsc3)C[C@H]1CN(c1ccccn1)C2.O=C(O)C(F)(F)F.O=C(O)C(F)(F)F. The predicted molar refractivity (Wildman–Crippen MR) is 135 cm³/mol. The summed E-state index contributed by atoms with van der Waals surface area (Å²) in [5, 5.41) is 18.6. The third-order valence-electron chi connectivity index (χ3n) is 6.40. The number of aliphatic carboxylic acids is 2. The lowest BCUT2D eigenvalue weighted by molar-refractivity contribution is -0.193. The molecule has 2 aliphatic rings. The molecule has 228 valence electrons. The highest BCUT2D eigenvalue weighted by Crippen LogP contribution is 2.45. The first kappa shape index (κ1) is 33.8. The zero-order valence-corrected chi connectivity index (χ0v) is 22.6. The van der Waals surface area contributed by atoms with Crippen LogP contribution in [0.3, 0.4) is 0 Å². The number of rotatable bonds is 5. The highest BCUT2D eigenvalue weighted by atomic mass is 32.1. The first-order valence-electron chi connectivity index (χ1n) is 12.3. The van der Waals surface area contributed by atoms with Gasteiger partial charge >= 0.3 is 30.3 Å². The number of fused-ring (bicyclic) bond motifs is 1. The molecule has 2 fully saturated rings. The Kier molecular flexibility index (Phi) is 11.9. The zero-order chi connectivity index (χ0) is 30.8. The summed E-state index contributed by atoms with van der Waals surface area (Å²) in [5.74, 6) is -4.32. The van der Waals surface area contributed by atoms with Crippen LogP contribution in [-0.4, -0.2) is 83.1 Å². The molecule has 2 N–H and O–H groups in total. The third-order valence-corrected chi connectivity index (χ3v) is 7.13. The van der Waals surface area contributed by atoms with E-state index in [2.05, 4.69) is 31.6 Å². The summed E-state index contributed by atoms with van der Waals surface area (Å²) < 4.78 is 69.0. The van der Waals surface area contributed by atoms with Crippen molar-refractivity contribution in [1.29, 1.82) is 0 Å². The van der Waals surface area contributed by atoms with Gasteiger partial charge in [-0.3, -0.25) is 9.69 Å². The number of carboxylic acid groups (broad SMARTS) is 2. The van der Waals surface area contributed by atoms with Gasteiger partial charge < -0.3 is 19.8 Å². The molecule has 2 aromatic heterocycles. The van der Waals surface area contributed by atoms with Gasteiger partial charge in [-0.25, -0.2) is 14.6 Å². The van der Waals surface area contributed by atoms with Crippen LogP contribution in [0.4, 0.5) is 32.2 Å². The number of aromatic nitrogens is 1. The molecule has 0 aromatic carbocycles. The van der Waals surface area contributed by atoms with Crippen LogP contribution in [-0.2, 0) is 25.7 Å². The van der Waals surface area contributed by atoms with Crippen LogP contribution in [0.5, 0.6) is 0 Å². The normalized spacial score (nSPS) is 20.9. The molecular weight excluding hydrogens is 584 g/mol. The molecule has 41 heavy (non-hydrogen) atoms. The average molecular weight is 614 g/mol. The molecule has 0 aliphatic carbocycles. The zero-order valence-electron chi connectivity index (χ0n) is 21.8. The van der Waals surface area contributed by atoms with E-state index in [4.69, 9.17) is 24.5 Å². The third kappa shape index (κ3) is 9.88. The maximum absolute atomic E-state index is 13.1. The summed E-state index contributed by atoms with van der Waals surface area (Å²) in [6, 6.07) is 8.17. The van der Waals surface area contributed by atoms with Crippen molar-refractivity contribution >= 4 is 35.1 Å². The molecule has 2 aliphatic heterocycles. The van der Waals surface area contributed by atoms with Gasteiger partial charge in [0.2, 0.25) is 0 Å². The van der Waals surface area contributed by atoms with E-state index in [1.165, 1.54) is 5.56 Å². The van der Waals surface area contributed by atoms with E-state index >= 15 is 0 Å². The fourth-order valence-corrected chi connectivity index (χ4v) is 5.28. The highest BCUT2D eigenvalue weighted by Gasteiger charge is 2.54. The summed E-state index contributed by atoms with van der Waals surface area (Å²) in [6.45, 7) is 6.83. The quantitative estimate of drug-likeness (QED) is 0.366. The summed E-state index contributed by atoms with van der Waals surface area (Å²) in [4.78, 5) is 40.2. The molecule has 16 heteroatoms. The monoisotopic (exact) mass is 613 g/mol. The Bertz CT molecular complexity index is 1110. The molecule has 2 aromatic rings. The lowest BCUT2D eigenvalue weighted by Gasteiger charge is -2.31. The van der Waals surface area contributed by atoms with Crippen molar-refractivity contribution in [2.45, 2.75) is 38.7 Å². The molecule has 4 rings (SSSR count). The van der Waals surface area contributed by atoms with E-state index in [0.717, 1.165) is 44.8 Å². The van der Waals surface area contributed by atoms with Gasteiger partial charge in [-0.1, -0.05) is 6.07 Å². The number of alkyl halides is 6. The van der Waals surface area contributed by atoms with Gasteiger partial charge in [-0.05, 0) is 60.8 Å². The van der Waals surface area contributed by atoms with Gasteiger partial charge in [-0.2, -0.15) is 37.7 Å². The van der Waals surface area contributed by atoms with Crippen molar-refractivity contribution in [1.82, 2.24) is 9.88 Å². The van der Waals surface area contributed by atoms with Gasteiger partial charge in [0.15, 0.2) is 0 Å². The van der Waals surface area contributed by atoms with E-state index in [1.54, 1.807) is 11.3 Å². The largest absolute Gasteiger partial charge is 0.490 e. The molecule has 4 heterocycles. The topological polar surface area (TPSA) is 120 Å². The lowest BCUT2D eigenvalue weighted by atomic mass is 9.75. The van der Waals surface area contributed by atoms with Crippen molar-refractivity contribution in [2.75, 3.05) is 37.7 Å². The Morgan fingerprint density at radius 1 is 1.07 bits per heavy atom. The molecule has 0 radical (unpaired) electrons. The summed E-state index contributed by atoms with van der Waals surface area (Å²) in [6.07, 6.45) is -6.43. The number of likely N-dealkylation sites (tertiary alicyclic amines) is 1. The van der Waals surface area contributed by atoms with Gasteiger partial charge in [0.05, 0.1) is 12.0 Å².